The lowest BCUT2D eigenvalue weighted by Crippen LogP contribution is -2.30. The number of amides is 1. The maximum Gasteiger partial charge on any atom is 0.255 e. The van der Waals surface area contributed by atoms with Crippen LogP contribution >= 0.6 is 0 Å². The van der Waals surface area contributed by atoms with Gasteiger partial charge in [-0.2, -0.15) is 0 Å². The first-order valence-electron chi connectivity index (χ1n) is 11.5. The predicted octanol–water partition coefficient (Wildman–Crippen LogP) is 5.23. The second-order valence-corrected chi connectivity index (χ2v) is 10.2. The highest BCUT2D eigenvalue weighted by Crippen LogP contribution is 2.47. The van der Waals surface area contributed by atoms with E-state index in [1.807, 2.05) is 24.3 Å². The van der Waals surface area contributed by atoms with Gasteiger partial charge in [0.2, 0.25) is 0 Å². The van der Waals surface area contributed by atoms with Gasteiger partial charge in [0.25, 0.3) is 5.91 Å². The summed E-state index contributed by atoms with van der Waals surface area (Å²) in [5.74, 6) is 1.43. The monoisotopic (exact) mass is 455 g/mol. The van der Waals surface area contributed by atoms with Crippen LogP contribution in [0.25, 0.3) is 0 Å². The third kappa shape index (κ3) is 4.04. The number of nitrogens with one attached hydrogen (secondary N) is 1. The molecule has 3 aromatic rings. The highest BCUT2D eigenvalue weighted by molar-refractivity contribution is 6.16. The Morgan fingerprint density at radius 1 is 1.03 bits per heavy atom. The molecule has 2 aliphatic heterocycles. The first-order valence-corrected chi connectivity index (χ1v) is 11.5. The molecule has 174 valence electrons. The normalized spacial score (nSPS) is 17.1. The molecule has 1 amide bonds. The summed E-state index contributed by atoms with van der Waals surface area (Å²) in [6.07, 6.45) is 4.91. The molecule has 0 atom stereocenters. The average molecular weight is 456 g/mol. The summed E-state index contributed by atoms with van der Waals surface area (Å²) in [5.41, 5.74) is 6.14. The first-order chi connectivity index (χ1) is 16.2. The number of benzene rings is 2. The molecule has 0 fully saturated rings. The summed E-state index contributed by atoms with van der Waals surface area (Å²) < 4.78 is 12.0. The lowest BCUT2D eigenvalue weighted by atomic mass is 9.81. The number of aromatic nitrogens is 1. The Labute approximate surface area is 200 Å². The summed E-state index contributed by atoms with van der Waals surface area (Å²) in [5, 5.41) is 2.90. The zero-order valence-corrected chi connectivity index (χ0v) is 20.2. The van der Waals surface area contributed by atoms with Crippen LogP contribution in [0, 0.1) is 0 Å². The van der Waals surface area contributed by atoms with Gasteiger partial charge in [-0.05, 0) is 70.0 Å². The van der Waals surface area contributed by atoms with Crippen molar-refractivity contribution in [3.63, 3.8) is 0 Å². The average Bonchev–Trinajstić information content (AvgIpc) is 3.12. The zero-order chi connectivity index (χ0) is 24.1. The van der Waals surface area contributed by atoms with E-state index in [-0.39, 0.29) is 17.0 Å². The molecular weight excluding hydrogens is 426 g/mol. The van der Waals surface area contributed by atoms with Gasteiger partial charge in [-0.25, -0.2) is 0 Å². The number of carbonyl (C=O) groups is 1. The molecule has 0 radical (unpaired) electrons. The van der Waals surface area contributed by atoms with Crippen molar-refractivity contribution in [2.75, 3.05) is 12.4 Å². The van der Waals surface area contributed by atoms with Crippen molar-refractivity contribution in [2.24, 2.45) is 4.99 Å². The Morgan fingerprint density at radius 2 is 1.74 bits per heavy atom. The highest BCUT2D eigenvalue weighted by atomic mass is 16.5. The van der Waals surface area contributed by atoms with Crippen molar-refractivity contribution >= 4 is 17.3 Å². The van der Waals surface area contributed by atoms with Crippen molar-refractivity contribution in [1.29, 1.82) is 0 Å². The van der Waals surface area contributed by atoms with Crippen molar-refractivity contribution in [3.8, 4) is 11.5 Å². The number of hydrogen-bond donors (Lipinski definition) is 1. The van der Waals surface area contributed by atoms with E-state index in [9.17, 15) is 4.79 Å². The first kappa shape index (κ1) is 22.1. The number of ether oxygens (including phenoxy) is 2. The van der Waals surface area contributed by atoms with Crippen molar-refractivity contribution < 1.29 is 14.3 Å². The van der Waals surface area contributed by atoms with E-state index < -0.39 is 0 Å². The fourth-order valence-corrected chi connectivity index (χ4v) is 4.85. The molecule has 2 aromatic carbocycles. The highest BCUT2D eigenvalue weighted by Gasteiger charge is 2.39. The van der Waals surface area contributed by atoms with Gasteiger partial charge in [0.05, 0.1) is 18.4 Å². The van der Waals surface area contributed by atoms with Crippen LogP contribution in [0.4, 0.5) is 5.69 Å². The molecule has 0 saturated carbocycles. The molecule has 0 aliphatic carbocycles. The van der Waals surface area contributed by atoms with E-state index in [4.69, 9.17) is 14.5 Å². The Bertz CT molecular complexity index is 1290. The smallest absolute Gasteiger partial charge is 0.255 e. The minimum atomic E-state index is -0.308. The molecule has 0 unspecified atom stereocenters. The largest absolute Gasteiger partial charge is 0.493 e. The summed E-state index contributed by atoms with van der Waals surface area (Å²) >= 11 is 0. The number of aliphatic imine (C=N–C) groups is 1. The van der Waals surface area contributed by atoms with E-state index in [1.165, 1.54) is 5.56 Å². The molecule has 5 rings (SSSR count). The number of anilines is 1. The Balaban J connectivity index is 1.54. The van der Waals surface area contributed by atoms with E-state index in [1.54, 1.807) is 31.6 Å². The van der Waals surface area contributed by atoms with Crippen LogP contribution in [0.15, 0.2) is 59.9 Å². The summed E-state index contributed by atoms with van der Waals surface area (Å²) in [6.45, 7) is 8.48. The fourth-order valence-electron chi connectivity index (χ4n) is 4.85. The van der Waals surface area contributed by atoms with Gasteiger partial charge in [0.1, 0.15) is 5.60 Å². The summed E-state index contributed by atoms with van der Waals surface area (Å²) in [7, 11) is 1.69. The lowest BCUT2D eigenvalue weighted by molar-refractivity contribution is 0.102. The fraction of sp³-hybridized carbons (Fsp3) is 0.321. The molecular formula is C28H29N3O3. The number of hydrogen-bond acceptors (Lipinski definition) is 5. The molecule has 2 aliphatic rings. The number of nitrogens with zero attached hydrogens (tertiary/aromatic N) is 2. The molecule has 3 heterocycles. The van der Waals surface area contributed by atoms with E-state index in [2.05, 4.69) is 44.1 Å². The molecule has 1 N–H and O–H groups in total. The number of fused-ring (bicyclic) bond motifs is 3. The maximum absolute atomic E-state index is 12.7. The van der Waals surface area contributed by atoms with Crippen LogP contribution in [-0.2, 0) is 12.8 Å². The van der Waals surface area contributed by atoms with Crippen LogP contribution < -0.4 is 14.8 Å². The van der Waals surface area contributed by atoms with Crippen molar-refractivity contribution in [2.45, 2.75) is 51.7 Å². The van der Waals surface area contributed by atoms with Crippen LogP contribution in [0.3, 0.4) is 0 Å². The minimum Gasteiger partial charge on any atom is -0.493 e. The Hall–Kier alpha value is -3.67. The van der Waals surface area contributed by atoms with Crippen molar-refractivity contribution in [3.05, 3.63) is 82.7 Å². The van der Waals surface area contributed by atoms with E-state index in [0.29, 0.717) is 11.3 Å². The van der Waals surface area contributed by atoms with E-state index >= 15 is 0 Å². The quantitative estimate of drug-likeness (QED) is 0.585. The minimum absolute atomic E-state index is 0.162. The topological polar surface area (TPSA) is 72.8 Å². The second-order valence-electron chi connectivity index (χ2n) is 10.2. The molecule has 34 heavy (non-hydrogen) atoms. The summed E-state index contributed by atoms with van der Waals surface area (Å²) in [4.78, 5) is 21.9. The van der Waals surface area contributed by atoms with Crippen LogP contribution in [0.1, 0.15) is 60.3 Å². The SMILES string of the molecule is COc1cc2c(c3c1OC(C)(C)C3)C(c1ccc(C(=O)Nc3ccncc3)cc1)=NC(C)(C)C2. The van der Waals surface area contributed by atoms with E-state index in [0.717, 1.165) is 46.7 Å². The second kappa shape index (κ2) is 7.97. The predicted molar refractivity (Wildman–Crippen MR) is 133 cm³/mol. The van der Waals surface area contributed by atoms with Gasteiger partial charge >= 0.3 is 0 Å². The third-order valence-corrected chi connectivity index (χ3v) is 6.26. The summed E-state index contributed by atoms with van der Waals surface area (Å²) in [6, 6.07) is 13.3. The molecule has 1 aromatic heterocycles. The van der Waals surface area contributed by atoms with Crippen LogP contribution in [0.2, 0.25) is 0 Å². The molecule has 6 nitrogen and oxygen atoms in total. The lowest BCUT2D eigenvalue weighted by Gasteiger charge is -2.31. The molecule has 6 heteroatoms. The van der Waals surface area contributed by atoms with Gasteiger partial charge in [0, 0.05) is 46.8 Å². The zero-order valence-electron chi connectivity index (χ0n) is 20.2. The Kier molecular flexibility index (Phi) is 5.19. The third-order valence-electron chi connectivity index (χ3n) is 6.26. The number of carbonyl (C=O) groups excluding carboxylic acids is 1. The Morgan fingerprint density at radius 3 is 2.41 bits per heavy atom. The van der Waals surface area contributed by atoms with Gasteiger partial charge in [-0.15, -0.1) is 0 Å². The van der Waals surface area contributed by atoms with Crippen LogP contribution in [0.5, 0.6) is 11.5 Å². The maximum atomic E-state index is 12.7. The van der Waals surface area contributed by atoms with Gasteiger partial charge in [-0.3, -0.25) is 14.8 Å². The molecule has 0 saturated heterocycles. The number of methoxy groups -OCH3 is 1. The van der Waals surface area contributed by atoms with Gasteiger partial charge in [-0.1, -0.05) is 12.1 Å². The standard InChI is InChI=1S/C28H29N3O3/c1-27(2)15-19-14-22(33-5)25-21(16-28(3,4)34-25)23(19)24(31-27)17-6-8-18(9-7-17)26(32)30-20-10-12-29-13-11-20/h6-14H,15-16H2,1-5H3,(H,29,30,32). The van der Waals surface area contributed by atoms with Gasteiger partial charge in [0.15, 0.2) is 11.5 Å². The number of rotatable bonds is 4. The van der Waals surface area contributed by atoms with Gasteiger partial charge < -0.3 is 14.8 Å². The molecule has 0 bridgehead atoms. The molecule has 0 spiro atoms. The van der Waals surface area contributed by atoms with Crippen molar-refractivity contribution in [1.82, 2.24) is 4.98 Å². The number of pyridine rings is 1. The van der Waals surface area contributed by atoms with Crippen LogP contribution in [-0.4, -0.2) is 34.9 Å².